The fraction of sp³-hybridized carbons (Fsp3) is 0.333. The maximum atomic E-state index is 9.66. The number of phenolic OH excluding ortho intramolecular Hbond substituents is 1. The molecule has 1 aromatic rings. The molecule has 0 heterocycles. The first-order chi connectivity index (χ1) is 7.15. The maximum Gasteiger partial charge on any atom is 0.183 e. The number of hydrogen-bond donors (Lipinski definition) is 2. The van der Waals surface area contributed by atoms with Crippen molar-refractivity contribution in [2.24, 2.45) is 5.90 Å². The minimum absolute atomic E-state index is 0.0336. The molecular formula is C9H12ClNO4. The predicted octanol–water partition coefficient (Wildman–Crippen LogP) is 1.45. The summed E-state index contributed by atoms with van der Waals surface area (Å²) in [4.78, 5) is 4.42. The second kappa shape index (κ2) is 5.06. The molecular weight excluding hydrogens is 222 g/mol. The molecule has 0 bridgehead atoms. The molecule has 1 aromatic carbocycles. The van der Waals surface area contributed by atoms with E-state index in [0.717, 1.165) is 0 Å². The van der Waals surface area contributed by atoms with E-state index < -0.39 is 0 Å². The van der Waals surface area contributed by atoms with E-state index in [-0.39, 0.29) is 23.1 Å². The van der Waals surface area contributed by atoms with E-state index in [1.807, 2.05) is 0 Å². The van der Waals surface area contributed by atoms with Gasteiger partial charge in [-0.1, -0.05) is 11.6 Å². The summed E-state index contributed by atoms with van der Waals surface area (Å²) in [6, 6.07) is 1.55. The highest BCUT2D eigenvalue weighted by Gasteiger charge is 2.17. The summed E-state index contributed by atoms with van der Waals surface area (Å²) in [7, 11) is 2.90. The van der Waals surface area contributed by atoms with Gasteiger partial charge >= 0.3 is 0 Å². The van der Waals surface area contributed by atoms with E-state index in [0.29, 0.717) is 11.3 Å². The Hall–Kier alpha value is -1.17. The van der Waals surface area contributed by atoms with Gasteiger partial charge in [-0.15, -0.1) is 0 Å². The minimum Gasteiger partial charge on any atom is -0.506 e. The van der Waals surface area contributed by atoms with Gasteiger partial charge in [-0.3, -0.25) is 4.84 Å². The maximum absolute atomic E-state index is 9.66. The molecule has 15 heavy (non-hydrogen) atoms. The molecule has 84 valence electrons. The molecule has 1 rings (SSSR count). The number of nitrogens with two attached hydrogens (primary N) is 1. The van der Waals surface area contributed by atoms with Crippen molar-refractivity contribution in [1.29, 1.82) is 0 Å². The second-order valence-electron chi connectivity index (χ2n) is 2.74. The number of aromatic hydroxyl groups is 1. The van der Waals surface area contributed by atoms with Crippen molar-refractivity contribution in [3.8, 4) is 17.2 Å². The number of hydrogen-bond acceptors (Lipinski definition) is 5. The van der Waals surface area contributed by atoms with Crippen LogP contribution in [-0.2, 0) is 11.4 Å². The van der Waals surface area contributed by atoms with E-state index >= 15 is 0 Å². The van der Waals surface area contributed by atoms with Crippen molar-refractivity contribution in [3.05, 3.63) is 16.7 Å². The Labute approximate surface area is 92.3 Å². The van der Waals surface area contributed by atoms with Gasteiger partial charge in [-0.25, -0.2) is 5.90 Å². The third-order valence-corrected chi connectivity index (χ3v) is 2.25. The third kappa shape index (κ3) is 2.26. The lowest BCUT2D eigenvalue weighted by molar-refractivity contribution is 0.122. The number of rotatable bonds is 4. The summed E-state index contributed by atoms with van der Waals surface area (Å²) in [5.74, 6) is 5.48. The molecule has 0 atom stereocenters. The van der Waals surface area contributed by atoms with Crippen molar-refractivity contribution in [2.75, 3.05) is 14.2 Å². The molecule has 0 unspecified atom stereocenters. The van der Waals surface area contributed by atoms with Crippen LogP contribution in [0.2, 0.25) is 5.02 Å². The highest BCUT2D eigenvalue weighted by atomic mass is 35.5. The van der Waals surface area contributed by atoms with Gasteiger partial charge in [-0.2, -0.15) is 0 Å². The topological polar surface area (TPSA) is 73.9 Å². The van der Waals surface area contributed by atoms with E-state index in [4.69, 9.17) is 27.0 Å². The smallest absolute Gasteiger partial charge is 0.183 e. The first-order valence-electron chi connectivity index (χ1n) is 4.09. The van der Waals surface area contributed by atoms with Crippen LogP contribution in [0, 0.1) is 0 Å². The van der Waals surface area contributed by atoms with Crippen LogP contribution in [0.1, 0.15) is 5.56 Å². The van der Waals surface area contributed by atoms with Crippen molar-refractivity contribution in [3.63, 3.8) is 0 Å². The van der Waals surface area contributed by atoms with E-state index in [2.05, 4.69) is 4.84 Å². The monoisotopic (exact) mass is 233 g/mol. The molecule has 0 saturated carbocycles. The molecule has 0 radical (unpaired) electrons. The van der Waals surface area contributed by atoms with Crippen molar-refractivity contribution < 1.29 is 19.4 Å². The van der Waals surface area contributed by atoms with Crippen LogP contribution < -0.4 is 15.4 Å². The fourth-order valence-electron chi connectivity index (χ4n) is 1.19. The van der Waals surface area contributed by atoms with E-state index in [9.17, 15) is 5.11 Å². The van der Waals surface area contributed by atoms with Crippen LogP contribution in [0.4, 0.5) is 0 Å². The zero-order valence-electron chi connectivity index (χ0n) is 8.41. The lowest BCUT2D eigenvalue weighted by Crippen LogP contribution is -2.01. The van der Waals surface area contributed by atoms with Gasteiger partial charge in [0.2, 0.25) is 0 Å². The summed E-state index contributed by atoms with van der Waals surface area (Å²) in [6.45, 7) is 0.0336. The zero-order chi connectivity index (χ0) is 11.4. The summed E-state index contributed by atoms with van der Waals surface area (Å²) in [5.41, 5.74) is 0.431. The van der Waals surface area contributed by atoms with E-state index in [1.165, 1.54) is 14.2 Å². The first kappa shape index (κ1) is 11.9. The first-order valence-corrected chi connectivity index (χ1v) is 4.47. The molecule has 0 saturated heterocycles. The van der Waals surface area contributed by atoms with Crippen molar-refractivity contribution in [2.45, 2.75) is 6.61 Å². The number of methoxy groups -OCH3 is 2. The average Bonchev–Trinajstić information content (AvgIpc) is 2.24. The molecule has 0 aromatic heterocycles. The van der Waals surface area contributed by atoms with Crippen molar-refractivity contribution in [1.82, 2.24) is 0 Å². The molecule has 0 spiro atoms. The van der Waals surface area contributed by atoms with Gasteiger partial charge in [0.25, 0.3) is 0 Å². The zero-order valence-corrected chi connectivity index (χ0v) is 9.17. The molecule has 0 aliphatic carbocycles. The van der Waals surface area contributed by atoms with Gasteiger partial charge in [0.15, 0.2) is 11.5 Å². The summed E-state index contributed by atoms with van der Waals surface area (Å²) >= 11 is 5.87. The van der Waals surface area contributed by atoms with Gasteiger partial charge in [0.05, 0.1) is 20.8 Å². The van der Waals surface area contributed by atoms with Crippen molar-refractivity contribution >= 4 is 11.6 Å². The number of phenols is 1. The molecule has 0 fully saturated rings. The molecule has 0 aliphatic heterocycles. The second-order valence-corrected chi connectivity index (χ2v) is 3.12. The average molecular weight is 234 g/mol. The van der Waals surface area contributed by atoms with Gasteiger partial charge in [0, 0.05) is 5.56 Å². The summed E-state index contributed by atoms with van der Waals surface area (Å²) < 4.78 is 10.0. The van der Waals surface area contributed by atoms with Gasteiger partial charge in [-0.05, 0) is 6.07 Å². The van der Waals surface area contributed by atoms with Crippen LogP contribution in [0.5, 0.6) is 17.2 Å². The van der Waals surface area contributed by atoms with Crippen LogP contribution in [0.25, 0.3) is 0 Å². The van der Waals surface area contributed by atoms with Crippen LogP contribution in [0.15, 0.2) is 6.07 Å². The van der Waals surface area contributed by atoms with Gasteiger partial charge in [0.1, 0.15) is 10.8 Å². The van der Waals surface area contributed by atoms with Crippen LogP contribution in [-0.4, -0.2) is 19.3 Å². The predicted molar refractivity (Wildman–Crippen MR) is 55.2 cm³/mol. The molecule has 0 aliphatic rings. The lowest BCUT2D eigenvalue weighted by Gasteiger charge is -2.13. The molecule has 0 amide bonds. The van der Waals surface area contributed by atoms with Gasteiger partial charge < -0.3 is 14.6 Å². The highest BCUT2D eigenvalue weighted by molar-refractivity contribution is 6.33. The Morgan fingerprint density at radius 3 is 2.53 bits per heavy atom. The SMILES string of the molecule is COc1cc(CON)c(O)c(Cl)c1OC. The Kier molecular flexibility index (Phi) is 4.02. The number of benzene rings is 1. The van der Waals surface area contributed by atoms with Crippen LogP contribution in [0.3, 0.4) is 0 Å². The summed E-state index contributed by atoms with van der Waals surface area (Å²) in [5, 5.41) is 9.73. The number of ether oxygens (including phenoxy) is 2. The standard InChI is InChI=1S/C9H12ClNO4/c1-13-6-3-5(4-15-11)8(12)7(10)9(6)14-2/h3,12H,4,11H2,1-2H3. The molecule has 3 N–H and O–H groups in total. The Bertz CT molecular complexity index is 356. The number of halogens is 1. The quantitative estimate of drug-likeness (QED) is 0.770. The Morgan fingerprint density at radius 1 is 1.40 bits per heavy atom. The Morgan fingerprint density at radius 2 is 2.07 bits per heavy atom. The van der Waals surface area contributed by atoms with E-state index in [1.54, 1.807) is 6.07 Å². The normalized spacial score (nSPS) is 10.1. The fourth-order valence-corrected chi connectivity index (χ4v) is 1.48. The minimum atomic E-state index is -0.125. The third-order valence-electron chi connectivity index (χ3n) is 1.90. The highest BCUT2D eigenvalue weighted by Crippen LogP contribution is 2.43. The molecule has 6 heteroatoms. The molecule has 5 nitrogen and oxygen atoms in total. The summed E-state index contributed by atoms with van der Waals surface area (Å²) in [6.07, 6.45) is 0. The lowest BCUT2D eigenvalue weighted by atomic mass is 10.2. The van der Waals surface area contributed by atoms with Crippen LogP contribution >= 0.6 is 11.6 Å². The largest absolute Gasteiger partial charge is 0.506 e. The Balaban J connectivity index is 3.29.